The van der Waals surface area contributed by atoms with Gasteiger partial charge < -0.3 is 20.4 Å². The van der Waals surface area contributed by atoms with Crippen molar-refractivity contribution in [1.29, 1.82) is 0 Å². The van der Waals surface area contributed by atoms with E-state index in [1.165, 1.54) is 0 Å². The van der Waals surface area contributed by atoms with E-state index >= 15 is 0 Å². The maximum Gasteiger partial charge on any atom is 0.415 e. The lowest BCUT2D eigenvalue weighted by Gasteiger charge is -2.36. The summed E-state index contributed by atoms with van der Waals surface area (Å²) in [6, 6.07) is -0.0786. The molecule has 1 aliphatic rings. The molecule has 1 saturated heterocycles. The van der Waals surface area contributed by atoms with E-state index in [-0.39, 0.29) is 11.9 Å². The SMILES string of the molecule is CCC(=O)Nc1c[nH]c2ncc(Br)c(N(C(=O)OC(C)(C)C)[C@@H]3CCCNC3)c12. The maximum absolute atomic E-state index is 13.3. The largest absolute Gasteiger partial charge is 0.443 e. The van der Waals surface area contributed by atoms with Gasteiger partial charge in [-0.3, -0.25) is 9.69 Å². The van der Waals surface area contributed by atoms with Gasteiger partial charge in [0, 0.05) is 25.4 Å². The van der Waals surface area contributed by atoms with Gasteiger partial charge in [0.15, 0.2) is 0 Å². The number of pyridine rings is 1. The van der Waals surface area contributed by atoms with Crippen LogP contribution in [0.5, 0.6) is 0 Å². The zero-order valence-corrected chi connectivity index (χ0v) is 18.9. The van der Waals surface area contributed by atoms with E-state index in [9.17, 15) is 9.59 Å². The van der Waals surface area contributed by atoms with Gasteiger partial charge >= 0.3 is 6.09 Å². The summed E-state index contributed by atoms with van der Waals surface area (Å²) in [5.74, 6) is -0.111. The highest BCUT2D eigenvalue weighted by Crippen LogP contribution is 2.40. The smallest absolute Gasteiger partial charge is 0.415 e. The number of carbonyl (C=O) groups excluding carboxylic acids is 2. The number of aromatic nitrogens is 2. The van der Waals surface area contributed by atoms with E-state index in [0.717, 1.165) is 19.4 Å². The second kappa shape index (κ2) is 8.71. The minimum atomic E-state index is -0.631. The zero-order chi connectivity index (χ0) is 21.2. The van der Waals surface area contributed by atoms with Crippen LogP contribution in [0.25, 0.3) is 11.0 Å². The van der Waals surface area contributed by atoms with E-state index < -0.39 is 11.7 Å². The number of aromatic amines is 1. The molecule has 2 aromatic rings. The molecule has 2 aromatic heterocycles. The number of piperidine rings is 1. The number of anilines is 2. The number of amides is 2. The number of halogens is 1. The van der Waals surface area contributed by atoms with Gasteiger partial charge in [-0.1, -0.05) is 6.92 Å². The summed E-state index contributed by atoms with van der Waals surface area (Å²) in [7, 11) is 0. The molecule has 0 saturated carbocycles. The van der Waals surface area contributed by atoms with Crippen LogP contribution in [0.3, 0.4) is 0 Å². The van der Waals surface area contributed by atoms with Crippen LogP contribution in [0.2, 0.25) is 0 Å². The third-order valence-electron chi connectivity index (χ3n) is 4.69. The predicted octanol–water partition coefficient (Wildman–Crippen LogP) is 4.17. The van der Waals surface area contributed by atoms with Crippen molar-refractivity contribution in [3.05, 3.63) is 16.9 Å². The molecule has 0 spiro atoms. The number of H-pyrrole nitrogens is 1. The highest BCUT2D eigenvalue weighted by Gasteiger charge is 2.34. The summed E-state index contributed by atoms with van der Waals surface area (Å²) in [5, 5.41) is 6.94. The average Bonchev–Trinajstić information content (AvgIpc) is 3.06. The summed E-state index contributed by atoms with van der Waals surface area (Å²) in [5.41, 5.74) is 1.19. The molecule has 0 unspecified atom stereocenters. The van der Waals surface area contributed by atoms with Crippen LogP contribution < -0.4 is 15.5 Å². The third kappa shape index (κ3) is 4.90. The molecule has 3 rings (SSSR count). The quantitative estimate of drug-likeness (QED) is 0.628. The lowest BCUT2D eigenvalue weighted by atomic mass is 10.0. The summed E-state index contributed by atoms with van der Waals surface area (Å²) in [6.45, 7) is 8.93. The molecule has 0 aromatic carbocycles. The summed E-state index contributed by atoms with van der Waals surface area (Å²) < 4.78 is 6.41. The van der Waals surface area contributed by atoms with Crippen LogP contribution in [0.1, 0.15) is 47.0 Å². The summed E-state index contributed by atoms with van der Waals surface area (Å²) in [6.07, 6.45) is 5.10. The molecular weight excluding hydrogens is 438 g/mol. The first-order valence-electron chi connectivity index (χ1n) is 9.89. The molecule has 8 nitrogen and oxygen atoms in total. The molecule has 3 heterocycles. The Morgan fingerprint density at radius 2 is 2.17 bits per heavy atom. The normalized spacial score (nSPS) is 17.2. The average molecular weight is 466 g/mol. The van der Waals surface area contributed by atoms with Gasteiger partial charge in [-0.15, -0.1) is 0 Å². The van der Waals surface area contributed by atoms with Gasteiger partial charge in [0.1, 0.15) is 11.2 Å². The van der Waals surface area contributed by atoms with Crippen molar-refractivity contribution in [3.8, 4) is 0 Å². The zero-order valence-electron chi connectivity index (χ0n) is 17.3. The van der Waals surface area contributed by atoms with Crippen LogP contribution in [0, 0.1) is 0 Å². The van der Waals surface area contributed by atoms with Gasteiger partial charge in [-0.25, -0.2) is 9.78 Å². The molecule has 9 heteroatoms. The minimum absolute atomic E-state index is 0.0786. The Morgan fingerprint density at radius 3 is 2.79 bits per heavy atom. The molecule has 2 amide bonds. The number of nitrogens with zero attached hydrogens (tertiary/aromatic N) is 2. The van der Waals surface area contributed by atoms with Gasteiger partial charge in [0.25, 0.3) is 0 Å². The Morgan fingerprint density at radius 1 is 1.41 bits per heavy atom. The number of hydrogen-bond donors (Lipinski definition) is 3. The molecule has 1 fully saturated rings. The number of ether oxygens (including phenoxy) is 1. The lowest BCUT2D eigenvalue weighted by molar-refractivity contribution is -0.115. The van der Waals surface area contributed by atoms with E-state index in [0.29, 0.717) is 39.8 Å². The first kappa shape index (κ1) is 21.6. The molecule has 3 N–H and O–H groups in total. The van der Waals surface area contributed by atoms with Crippen molar-refractivity contribution in [2.24, 2.45) is 0 Å². The molecular formula is C20H28BrN5O3. The fraction of sp³-hybridized carbons (Fsp3) is 0.550. The topological polar surface area (TPSA) is 99.4 Å². The van der Waals surface area contributed by atoms with E-state index in [1.807, 2.05) is 20.8 Å². The fourth-order valence-electron chi connectivity index (χ4n) is 3.42. The standard InChI is InChI=1S/C20H28BrN5O3/c1-5-15(27)25-14-11-24-18-16(14)17(13(21)10-23-18)26(12-7-6-8-22-9-12)19(28)29-20(2,3)4/h10-12,22H,5-9H2,1-4H3,(H,23,24)(H,25,27)/t12-/m1/s1. The highest BCUT2D eigenvalue weighted by molar-refractivity contribution is 9.10. The Balaban J connectivity index is 2.15. The van der Waals surface area contributed by atoms with Gasteiger partial charge in [-0.05, 0) is 56.1 Å². The van der Waals surface area contributed by atoms with Gasteiger partial charge in [-0.2, -0.15) is 0 Å². The minimum Gasteiger partial charge on any atom is -0.443 e. The van der Waals surface area contributed by atoms with Gasteiger partial charge in [0.05, 0.1) is 27.3 Å². The molecule has 0 radical (unpaired) electrons. The first-order valence-corrected chi connectivity index (χ1v) is 10.7. The second-order valence-corrected chi connectivity index (χ2v) is 8.99. The van der Waals surface area contributed by atoms with Gasteiger partial charge in [0.2, 0.25) is 5.91 Å². The molecule has 158 valence electrons. The number of rotatable bonds is 4. The fourth-order valence-corrected chi connectivity index (χ4v) is 3.91. The first-order chi connectivity index (χ1) is 13.7. The van der Waals surface area contributed by atoms with Crippen molar-refractivity contribution in [1.82, 2.24) is 15.3 Å². The molecule has 29 heavy (non-hydrogen) atoms. The van der Waals surface area contributed by atoms with Crippen LogP contribution in [-0.4, -0.2) is 46.7 Å². The van der Waals surface area contributed by atoms with Crippen LogP contribution in [0.15, 0.2) is 16.9 Å². The number of nitrogens with one attached hydrogen (secondary N) is 3. The highest BCUT2D eigenvalue weighted by atomic mass is 79.9. The predicted molar refractivity (Wildman–Crippen MR) is 117 cm³/mol. The van der Waals surface area contributed by atoms with E-state index in [4.69, 9.17) is 4.74 Å². The summed E-state index contributed by atoms with van der Waals surface area (Å²) >= 11 is 3.58. The Kier molecular flexibility index (Phi) is 6.48. The number of hydrogen-bond acceptors (Lipinski definition) is 5. The number of carbonyl (C=O) groups is 2. The Hall–Kier alpha value is -2.13. The van der Waals surface area contributed by atoms with Crippen LogP contribution in [0.4, 0.5) is 16.2 Å². The van der Waals surface area contributed by atoms with Crippen molar-refractivity contribution < 1.29 is 14.3 Å². The van der Waals surface area contributed by atoms with Crippen LogP contribution >= 0.6 is 15.9 Å². The van der Waals surface area contributed by atoms with Crippen molar-refractivity contribution >= 4 is 50.3 Å². The molecule has 0 bridgehead atoms. The van der Waals surface area contributed by atoms with Crippen LogP contribution in [-0.2, 0) is 9.53 Å². The molecule has 0 aliphatic carbocycles. The summed E-state index contributed by atoms with van der Waals surface area (Å²) in [4.78, 5) is 34.5. The third-order valence-corrected chi connectivity index (χ3v) is 5.27. The van der Waals surface area contributed by atoms with E-state index in [1.54, 1.807) is 24.2 Å². The second-order valence-electron chi connectivity index (χ2n) is 8.13. The van der Waals surface area contributed by atoms with Crippen molar-refractivity contribution in [3.63, 3.8) is 0 Å². The molecule has 1 aliphatic heterocycles. The lowest BCUT2D eigenvalue weighted by Crippen LogP contribution is -2.50. The van der Waals surface area contributed by atoms with Crippen molar-refractivity contribution in [2.75, 3.05) is 23.3 Å². The Bertz CT molecular complexity index is 899. The van der Waals surface area contributed by atoms with Crippen molar-refractivity contribution in [2.45, 2.75) is 58.6 Å². The Labute approximate surface area is 178 Å². The maximum atomic E-state index is 13.3. The molecule has 1 atom stereocenters. The number of fused-ring (bicyclic) bond motifs is 1. The monoisotopic (exact) mass is 465 g/mol. The van der Waals surface area contributed by atoms with E-state index in [2.05, 4.69) is 36.5 Å².